The highest BCUT2D eigenvalue weighted by molar-refractivity contribution is 6.02. The van der Waals surface area contributed by atoms with Crippen LogP contribution in [-0.2, 0) is 0 Å². The summed E-state index contributed by atoms with van der Waals surface area (Å²) in [6.07, 6.45) is 1.72. The Morgan fingerprint density at radius 3 is 2.67 bits per heavy atom. The van der Waals surface area contributed by atoms with Crippen molar-refractivity contribution in [2.24, 2.45) is 11.1 Å². The fourth-order valence-corrected chi connectivity index (χ4v) is 1.77. The number of Topliss-reactive ketones (excluding diaryl/α,β-unsaturated/α-hetero) is 1. The monoisotopic (exact) mass is 207 g/mol. The van der Waals surface area contributed by atoms with Crippen molar-refractivity contribution in [2.75, 3.05) is 6.54 Å². The molecule has 0 bridgehead atoms. The Labute approximate surface area is 88.3 Å². The van der Waals surface area contributed by atoms with Crippen LogP contribution in [0.4, 0.5) is 4.39 Å². The minimum Gasteiger partial charge on any atom is -0.329 e. The number of carbonyl (C=O) groups excluding carboxylic acids is 1. The second kappa shape index (κ2) is 3.42. The molecule has 0 aliphatic heterocycles. The molecule has 1 aliphatic carbocycles. The molecule has 1 aromatic rings. The molecular weight excluding hydrogens is 193 g/mol. The minimum absolute atomic E-state index is 0.0631. The van der Waals surface area contributed by atoms with Crippen LogP contribution < -0.4 is 5.73 Å². The zero-order chi connectivity index (χ0) is 11.1. The number of halogens is 1. The van der Waals surface area contributed by atoms with Gasteiger partial charge in [-0.05, 0) is 43.5 Å². The fourth-order valence-electron chi connectivity index (χ4n) is 1.77. The highest BCUT2D eigenvalue weighted by Crippen LogP contribution is 2.47. The van der Waals surface area contributed by atoms with Gasteiger partial charge in [0.2, 0.25) is 0 Å². The summed E-state index contributed by atoms with van der Waals surface area (Å²) >= 11 is 0. The lowest BCUT2D eigenvalue weighted by Crippen LogP contribution is -2.25. The topological polar surface area (TPSA) is 43.1 Å². The lowest BCUT2D eigenvalue weighted by atomic mass is 9.94. The Bertz CT molecular complexity index is 410. The number of hydrogen-bond acceptors (Lipinski definition) is 2. The van der Waals surface area contributed by atoms with Crippen LogP contribution in [0, 0.1) is 18.2 Å². The van der Waals surface area contributed by atoms with Crippen LogP contribution in [0.15, 0.2) is 18.2 Å². The summed E-state index contributed by atoms with van der Waals surface area (Å²) in [6.45, 7) is 2.05. The average molecular weight is 207 g/mol. The van der Waals surface area contributed by atoms with E-state index < -0.39 is 0 Å². The zero-order valence-corrected chi connectivity index (χ0v) is 8.72. The molecule has 0 heterocycles. The number of carbonyl (C=O) groups is 1. The van der Waals surface area contributed by atoms with E-state index in [1.165, 1.54) is 6.07 Å². The van der Waals surface area contributed by atoms with E-state index in [4.69, 9.17) is 5.73 Å². The summed E-state index contributed by atoms with van der Waals surface area (Å²) in [6, 6.07) is 4.49. The number of aryl methyl sites for hydroxylation is 1. The molecule has 15 heavy (non-hydrogen) atoms. The Balaban J connectivity index is 2.30. The standard InChI is InChI=1S/C12H14FNO/c1-8-6-9(2-3-10(8)13)11(15)12(7-14)4-5-12/h2-3,6H,4-5,7,14H2,1H3. The van der Waals surface area contributed by atoms with Gasteiger partial charge in [0.05, 0.1) is 0 Å². The molecule has 1 fully saturated rings. The van der Waals surface area contributed by atoms with Crippen molar-refractivity contribution in [3.05, 3.63) is 35.1 Å². The predicted molar refractivity (Wildman–Crippen MR) is 56.2 cm³/mol. The molecule has 0 atom stereocenters. The first-order valence-corrected chi connectivity index (χ1v) is 5.10. The Hall–Kier alpha value is -1.22. The van der Waals surface area contributed by atoms with Crippen molar-refractivity contribution in [3.8, 4) is 0 Å². The van der Waals surface area contributed by atoms with Crippen LogP contribution in [0.3, 0.4) is 0 Å². The van der Waals surface area contributed by atoms with Crippen molar-refractivity contribution < 1.29 is 9.18 Å². The first kappa shape index (κ1) is 10.3. The third kappa shape index (κ3) is 1.67. The molecule has 2 N–H and O–H groups in total. The van der Waals surface area contributed by atoms with Gasteiger partial charge in [0.15, 0.2) is 5.78 Å². The maximum atomic E-state index is 13.0. The number of hydrogen-bond donors (Lipinski definition) is 1. The van der Waals surface area contributed by atoms with Crippen molar-refractivity contribution in [3.63, 3.8) is 0 Å². The third-order valence-electron chi connectivity index (χ3n) is 3.15. The van der Waals surface area contributed by atoms with Crippen LogP contribution in [-0.4, -0.2) is 12.3 Å². The molecular formula is C12H14FNO. The highest BCUT2D eigenvalue weighted by Gasteiger charge is 2.48. The summed E-state index contributed by atoms with van der Waals surface area (Å²) in [7, 11) is 0. The van der Waals surface area contributed by atoms with E-state index in [2.05, 4.69) is 0 Å². The van der Waals surface area contributed by atoms with Gasteiger partial charge in [0, 0.05) is 17.5 Å². The van der Waals surface area contributed by atoms with Crippen molar-refractivity contribution in [2.45, 2.75) is 19.8 Å². The Kier molecular flexibility index (Phi) is 2.35. The molecule has 0 saturated heterocycles. The molecule has 80 valence electrons. The van der Waals surface area contributed by atoms with Gasteiger partial charge >= 0.3 is 0 Å². The van der Waals surface area contributed by atoms with Crippen LogP contribution in [0.1, 0.15) is 28.8 Å². The molecule has 0 unspecified atom stereocenters. The Morgan fingerprint density at radius 1 is 1.53 bits per heavy atom. The van der Waals surface area contributed by atoms with Crippen LogP contribution in [0.5, 0.6) is 0 Å². The summed E-state index contributed by atoms with van der Waals surface area (Å²) in [4.78, 5) is 12.0. The van der Waals surface area contributed by atoms with E-state index in [0.717, 1.165) is 12.8 Å². The number of rotatable bonds is 3. The molecule has 2 nitrogen and oxygen atoms in total. The predicted octanol–water partition coefficient (Wildman–Crippen LogP) is 2.06. The van der Waals surface area contributed by atoms with Gasteiger partial charge in [-0.2, -0.15) is 0 Å². The van der Waals surface area contributed by atoms with Crippen molar-refractivity contribution in [1.82, 2.24) is 0 Å². The first-order chi connectivity index (χ1) is 7.09. The molecule has 1 saturated carbocycles. The summed E-state index contributed by atoms with van der Waals surface area (Å²) in [5.74, 6) is -0.211. The lowest BCUT2D eigenvalue weighted by molar-refractivity contribution is 0.0905. The molecule has 1 aromatic carbocycles. The van der Waals surface area contributed by atoms with Crippen LogP contribution in [0.2, 0.25) is 0 Å². The molecule has 0 radical (unpaired) electrons. The van der Waals surface area contributed by atoms with Crippen LogP contribution >= 0.6 is 0 Å². The third-order valence-corrected chi connectivity index (χ3v) is 3.15. The molecule has 0 amide bonds. The maximum absolute atomic E-state index is 13.0. The van der Waals surface area contributed by atoms with Gasteiger partial charge in [0.25, 0.3) is 0 Å². The second-order valence-electron chi connectivity index (χ2n) is 4.28. The van der Waals surface area contributed by atoms with Crippen molar-refractivity contribution >= 4 is 5.78 Å². The second-order valence-corrected chi connectivity index (χ2v) is 4.28. The molecule has 0 aromatic heterocycles. The lowest BCUT2D eigenvalue weighted by Gasteiger charge is -2.11. The van der Waals surface area contributed by atoms with E-state index in [-0.39, 0.29) is 17.0 Å². The maximum Gasteiger partial charge on any atom is 0.170 e. The SMILES string of the molecule is Cc1cc(C(=O)C2(CN)CC2)ccc1F. The number of nitrogens with two attached hydrogens (primary N) is 1. The summed E-state index contributed by atoms with van der Waals surface area (Å²) in [5.41, 5.74) is 6.33. The molecule has 2 rings (SSSR count). The quantitative estimate of drug-likeness (QED) is 0.771. The summed E-state index contributed by atoms with van der Waals surface area (Å²) < 4.78 is 13.0. The number of benzene rings is 1. The van der Waals surface area contributed by atoms with E-state index >= 15 is 0 Å². The minimum atomic E-state index is -0.343. The van der Waals surface area contributed by atoms with Crippen LogP contribution in [0.25, 0.3) is 0 Å². The van der Waals surface area contributed by atoms with E-state index in [1.54, 1.807) is 19.1 Å². The van der Waals surface area contributed by atoms with Gasteiger partial charge in [-0.25, -0.2) is 4.39 Å². The highest BCUT2D eigenvalue weighted by atomic mass is 19.1. The van der Waals surface area contributed by atoms with E-state index in [1.807, 2.05) is 0 Å². The van der Waals surface area contributed by atoms with Gasteiger partial charge in [-0.3, -0.25) is 4.79 Å². The summed E-state index contributed by atoms with van der Waals surface area (Å²) in [5, 5.41) is 0. The van der Waals surface area contributed by atoms with Crippen molar-refractivity contribution in [1.29, 1.82) is 0 Å². The van der Waals surface area contributed by atoms with E-state index in [9.17, 15) is 9.18 Å². The first-order valence-electron chi connectivity index (χ1n) is 5.10. The Morgan fingerprint density at radius 2 is 2.20 bits per heavy atom. The van der Waals surface area contributed by atoms with Gasteiger partial charge in [-0.15, -0.1) is 0 Å². The normalized spacial score (nSPS) is 17.5. The molecule has 1 aliphatic rings. The van der Waals surface area contributed by atoms with E-state index in [0.29, 0.717) is 17.7 Å². The smallest absolute Gasteiger partial charge is 0.170 e. The largest absolute Gasteiger partial charge is 0.329 e. The number of ketones is 1. The zero-order valence-electron chi connectivity index (χ0n) is 8.72. The molecule has 3 heteroatoms. The van der Waals surface area contributed by atoms with Gasteiger partial charge in [-0.1, -0.05) is 0 Å². The van der Waals surface area contributed by atoms with Gasteiger partial charge in [0.1, 0.15) is 5.82 Å². The molecule has 0 spiro atoms. The fraction of sp³-hybridized carbons (Fsp3) is 0.417. The van der Waals surface area contributed by atoms with Gasteiger partial charge < -0.3 is 5.73 Å². The average Bonchev–Trinajstić information content (AvgIpc) is 3.02.